The Morgan fingerprint density at radius 1 is 1.14 bits per heavy atom. The lowest BCUT2D eigenvalue weighted by atomic mass is 9.88. The predicted molar refractivity (Wildman–Crippen MR) is 87.6 cm³/mol. The molecule has 1 unspecified atom stereocenters. The Morgan fingerprint density at radius 3 is 2.41 bits per heavy atom. The van der Waals surface area contributed by atoms with Crippen LogP contribution in [0.15, 0.2) is 42.5 Å². The Balaban J connectivity index is 2.25. The van der Waals surface area contributed by atoms with Crippen LogP contribution in [0.4, 0.5) is 0 Å². The third-order valence-electron chi connectivity index (χ3n) is 3.78. The highest BCUT2D eigenvalue weighted by atomic mass is 16.5. The zero-order chi connectivity index (χ0) is 16.1. The van der Waals surface area contributed by atoms with Crippen LogP contribution in [0.5, 0.6) is 5.75 Å². The van der Waals surface area contributed by atoms with Crippen molar-refractivity contribution in [1.82, 2.24) is 0 Å². The van der Waals surface area contributed by atoms with Gasteiger partial charge in [-0.1, -0.05) is 35.9 Å². The first-order chi connectivity index (χ1) is 10.5. The molecule has 0 saturated carbocycles. The van der Waals surface area contributed by atoms with Crippen molar-refractivity contribution < 1.29 is 14.6 Å². The molecule has 0 fully saturated rings. The molecule has 1 N–H and O–H groups in total. The first-order valence-corrected chi connectivity index (χ1v) is 7.53. The van der Waals surface area contributed by atoms with Gasteiger partial charge in [0.25, 0.3) is 0 Å². The van der Waals surface area contributed by atoms with Crippen molar-refractivity contribution in [2.24, 2.45) is 0 Å². The standard InChI is InChI=1S/C19H22O3/c1-4-22-16-9-7-15(8-10-16)12-18(19(20)21)17-11-13(2)5-6-14(17)3/h5-11,18H,4,12H2,1-3H3,(H,20,21). The van der Waals surface area contributed by atoms with Gasteiger partial charge in [0.15, 0.2) is 0 Å². The van der Waals surface area contributed by atoms with E-state index in [2.05, 4.69) is 0 Å². The Bertz CT molecular complexity index is 644. The van der Waals surface area contributed by atoms with Crippen LogP contribution in [0.2, 0.25) is 0 Å². The van der Waals surface area contributed by atoms with E-state index in [1.165, 1.54) is 0 Å². The third-order valence-corrected chi connectivity index (χ3v) is 3.78. The van der Waals surface area contributed by atoms with Gasteiger partial charge in [0, 0.05) is 0 Å². The summed E-state index contributed by atoms with van der Waals surface area (Å²) < 4.78 is 5.42. The Kier molecular flexibility index (Phi) is 5.21. The number of carboxylic acid groups (broad SMARTS) is 1. The molecular formula is C19H22O3. The van der Waals surface area contributed by atoms with E-state index in [-0.39, 0.29) is 0 Å². The molecule has 116 valence electrons. The van der Waals surface area contributed by atoms with Gasteiger partial charge in [0.2, 0.25) is 0 Å². The maximum atomic E-state index is 11.7. The van der Waals surface area contributed by atoms with E-state index in [9.17, 15) is 9.90 Å². The van der Waals surface area contributed by atoms with E-state index in [0.29, 0.717) is 13.0 Å². The maximum absolute atomic E-state index is 11.7. The second-order valence-electron chi connectivity index (χ2n) is 5.53. The fraction of sp³-hybridized carbons (Fsp3) is 0.316. The summed E-state index contributed by atoms with van der Waals surface area (Å²) in [4.78, 5) is 11.7. The fourth-order valence-electron chi connectivity index (χ4n) is 2.59. The summed E-state index contributed by atoms with van der Waals surface area (Å²) >= 11 is 0. The molecule has 0 aliphatic rings. The van der Waals surface area contributed by atoms with E-state index in [0.717, 1.165) is 28.0 Å². The van der Waals surface area contributed by atoms with E-state index in [1.807, 2.05) is 63.2 Å². The monoisotopic (exact) mass is 298 g/mol. The molecule has 0 bridgehead atoms. The number of hydrogen-bond donors (Lipinski definition) is 1. The van der Waals surface area contributed by atoms with Crippen LogP contribution in [0.3, 0.4) is 0 Å². The molecule has 0 spiro atoms. The minimum atomic E-state index is -0.789. The minimum absolute atomic E-state index is 0.478. The lowest BCUT2D eigenvalue weighted by Gasteiger charge is -2.16. The molecule has 0 aromatic heterocycles. The molecule has 3 nitrogen and oxygen atoms in total. The largest absolute Gasteiger partial charge is 0.494 e. The molecule has 1 atom stereocenters. The molecule has 0 amide bonds. The van der Waals surface area contributed by atoms with Gasteiger partial charge in [-0.05, 0) is 56.0 Å². The summed E-state index contributed by atoms with van der Waals surface area (Å²) in [6.45, 7) is 6.51. The zero-order valence-electron chi connectivity index (χ0n) is 13.3. The average Bonchev–Trinajstić information content (AvgIpc) is 2.49. The van der Waals surface area contributed by atoms with Gasteiger partial charge in [-0.3, -0.25) is 4.79 Å². The molecule has 0 heterocycles. The summed E-state index contributed by atoms with van der Waals surface area (Å²) in [5, 5.41) is 9.62. The lowest BCUT2D eigenvalue weighted by Crippen LogP contribution is -2.16. The molecule has 0 radical (unpaired) electrons. The van der Waals surface area contributed by atoms with E-state index < -0.39 is 11.9 Å². The summed E-state index contributed by atoms with van der Waals surface area (Å²) in [5.74, 6) is -0.509. The number of aryl methyl sites for hydroxylation is 2. The van der Waals surface area contributed by atoms with Gasteiger partial charge in [0.1, 0.15) is 5.75 Å². The van der Waals surface area contributed by atoms with Gasteiger partial charge >= 0.3 is 5.97 Å². The van der Waals surface area contributed by atoms with Crippen LogP contribution in [-0.2, 0) is 11.2 Å². The lowest BCUT2D eigenvalue weighted by molar-refractivity contribution is -0.138. The molecule has 2 aromatic carbocycles. The summed E-state index contributed by atoms with van der Waals surface area (Å²) in [7, 11) is 0. The van der Waals surface area contributed by atoms with Crippen LogP contribution in [0, 0.1) is 13.8 Å². The van der Waals surface area contributed by atoms with Crippen LogP contribution < -0.4 is 4.74 Å². The minimum Gasteiger partial charge on any atom is -0.494 e. The van der Waals surface area contributed by atoms with Crippen molar-refractivity contribution in [1.29, 1.82) is 0 Å². The number of hydrogen-bond acceptors (Lipinski definition) is 2. The Labute approximate surface area is 131 Å². The number of rotatable bonds is 6. The number of aliphatic carboxylic acids is 1. The van der Waals surface area contributed by atoms with Crippen molar-refractivity contribution in [2.75, 3.05) is 6.61 Å². The second-order valence-corrected chi connectivity index (χ2v) is 5.53. The molecule has 0 aliphatic carbocycles. The van der Waals surface area contributed by atoms with Gasteiger partial charge < -0.3 is 9.84 Å². The van der Waals surface area contributed by atoms with Gasteiger partial charge in [-0.2, -0.15) is 0 Å². The van der Waals surface area contributed by atoms with E-state index in [1.54, 1.807) is 0 Å². The number of carbonyl (C=O) groups is 1. The topological polar surface area (TPSA) is 46.5 Å². The smallest absolute Gasteiger partial charge is 0.311 e. The van der Waals surface area contributed by atoms with Gasteiger partial charge in [-0.15, -0.1) is 0 Å². The van der Waals surface area contributed by atoms with Crippen LogP contribution in [-0.4, -0.2) is 17.7 Å². The van der Waals surface area contributed by atoms with Crippen molar-refractivity contribution in [2.45, 2.75) is 33.1 Å². The average molecular weight is 298 g/mol. The third kappa shape index (κ3) is 3.88. The maximum Gasteiger partial charge on any atom is 0.311 e. The first kappa shape index (κ1) is 16.1. The van der Waals surface area contributed by atoms with E-state index >= 15 is 0 Å². The summed E-state index contributed by atoms with van der Waals surface area (Å²) in [6, 6.07) is 13.6. The molecule has 2 rings (SSSR count). The van der Waals surface area contributed by atoms with Crippen molar-refractivity contribution in [3.05, 3.63) is 64.7 Å². The van der Waals surface area contributed by atoms with Crippen LogP contribution in [0.25, 0.3) is 0 Å². The molecule has 22 heavy (non-hydrogen) atoms. The fourth-order valence-corrected chi connectivity index (χ4v) is 2.59. The molecule has 3 heteroatoms. The second kappa shape index (κ2) is 7.12. The summed E-state index contributed by atoms with van der Waals surface area (Å²) in [5.41, 5.74) is 3.99. The SMILES string of the molecule is CCOc1ccc(CC(C(=O)O)c2cc(C)ccc2C)cc1. The molecular weight excluding hydrogens is 276 g/mol. The van der Waals surface area contributed by atoms with Crippen molar-refractivity contribution >= 4 is 5.97 Å². The highest BCUT2D eigenvalue weighted by Crippen LogP contribution is 2.26. The highest BCUT2D eigenvalue weighted by Gasteiger charge is 2.22. The summed E-state index contributed by atoms with van der Waals surface area (Å²) in [6.07, 6.45) is 0.478. The van der Waals surface area contributed by atoms with Crippen LogP contribution >= 0.6 is 0 Å². The van der Waals surface area contributed by atoms with Crippen molar-refractivity contribution in [3.8, 4) is 5.75 Å². The molecule has 0 aliphatic heterocycles. The van der Waals surface area contributed by atoms with Gasteiger partial charge in [-0.25, -0.2) is 0 Å². The zero-order valence-corrected chi connectivity index (χ0v) is 13.3. The predicted octanol–water partition coefficient (Wildman–Crippen LogP) is 4.11. The number of benzene rings is 2. The normalized spacial score (nSPS) is 12.0. The van der Waals surface area contributed by atoms with Crippen molar-refractivity contribution in [3.63, 3.8) is 0 Å². The van der Waals surface area contributed by atoms with Crippen LogP contribution in [0.1, 0.15) is 35.1 Å². The van der Waals surface area contributed by atoms with Gasteiger partial charge in [0.05, 0.1) is 12.5 Å². The highest BCUT2D eigenvalue weighted by molar-refractivity contribution is 5.77. The Hall–Kier alpha value is -2.29. The number of ether oxygens (including phenoxy) is 1. The van der Waals surface area contributed by atoms with E-state index in [4.69, 9.17) is 4.74 Å². The number of carboxylic acids is 1. The molecule has 2 aromatic rings. The Morgan fingerprint density at radius 2 is 1.82 bits per heavy atom. The quantitative estimate of drug-likeness (QED) is 0.873. The molecule has 0 saturated heterocycles. The first-order valence-electron chi connectivity index (χ1n) is 7.53.